The first-order chi connectivity index (χ1) is 12.8. The van der Waals surface area contributed by atoms with Crippen molar-refractivity contribution >= 4 is 28.9 Å². The molecule has 0 amide bonds. The summed E-state index contributed by atoms with van der Waals surface area (Å²) in [5.41, 5.74) is 8.24. The lowest BCUT2D eigenvalue weighted by Gasteiger charge is -2.19. The van der Waals surface area contributed by atoms with Gasteiger partial charge in [0.05, 0.1) is 0 Å². The van der Waals surface area contributed by atoms with E-state index in [0.717, 1.165) is 40.3 Å². The Balaban J connectivity index is 2.10. The molecule has 2 aromatic carbocycles. The van der Waals surface area contributed by atoms with Crippen LogP contribution in [0.1, 0.15) is 17.5 Å². The van der Waals surface area contributed by atoms with Crippen molar-refractivity contribution in [2.24, 2.45) is 0 Å². The predicted molar refractivity (Wildman–Crippen MR) is 109 cm³/mol. The van der Waals surface area contributed by atoms with Gasteiger partial charge in [0, 0.05) is 0 Å². The normalized spacial score (nSPS) is 18.2. The van der Waals surface area contributed by atoms with E-state index < -0.39 is 7.12 Å². The molecule has 2 aromatic rings. The van der Waals surface area contributed by atoms with Gasteiger partial charge in [0.25, 0.3) is 0 Å². The maximum Gasteiger partial charge on any atom is 0.489 e. The smallest absolute Gasteiger partial charge is 0.423 e. The number of rotatable bonds is 1. The molecular weight excluding hydrogens is 319 g/mol. The molecule has 0 unspecified atom stereocenters. The molecule has 26 heavy (non-hydrogen) atoms. The molecule has 3 heteroatoms. The largest absolute Gasteiger partial charge is 0.489 e. The molecular formula is C23H19BO2. The van der Waals surface area contributed by atoms with Crippen molar-refractivity contribution in [2.75, 3.05) is 0 Å². The third-order valence-electron chi connectivity index (χ3n) is 4.86. The molecule has 0 saturated carbocycles. The van der Waals surface area contributed by atoms with Gasteiger partial charge >= 0.3 is 7.12 Å². The minimum atomic E-state index is -1.51. The monoisotopic (exact) mass is 338 g/mol. The van der Waals surface area contributed by atoms with E-state index >= 15 is 0 Å². The zero-order valence-corrected chi connectivity index (χ0v) is 14.4. The van der Waals surface area contributed by atoms with Gasteiger partial charge in [-0.3, -0.25) is 0 Å². The zero-order chi connectivity index (χ0) is 17.9. The molecule has 0 fully saturated rings. The average molecular weight is 338 g/mol. The van der Waals surface area contributed by atoms with Gasteiger partial charge in [-0.15, -0.1) is 5.73 Å². The molecule has 0 aromatic heterocycles. The summed E-state index contributed by atoms with van der Waals surface area (Å²) < 4.78 is 0. The quantitative estimate of drug-likeness (QED) is 0.616. The summed E-state index contributed by atoms with van der Waals surface area (Å²) in [6, 6.07) is 9.87. The summed E-state index contributed by atoms with van der Waals surface area (Å²) in [6.07, 6.45) is 18.0. The standard InChI is InChI=1S/C23H19BO2/c25-24(26)23-16-22-18-12-7-3-5-11-17(18)10-4-1-2-6-13-20(22)19-14-8-9-15-21(19)23/h1-4,6-9,11-12,14-16,25-26H,10,13H2/b4-1-,6-2-. The molecule has 4 rings (SSSR count). The lowest BCUT2D eigenvalue weighted by atomic mass is 9.73. The lowest BCUT2D eigenvalue weighted by Crippen LogP contribution is -2.31. The van der Waals surface area contributed by atoms with Crippen molar-refractivity contribution in [1.82, 2.24) is 0 Å². The van der Waals surface area contributed by atoms with Crippen molar-refractivity contribution in [3.63, 3.8) is 0 Å². The van der Waals surface area contributed by atoms with Gasteiger partial charge in [0.1, 0.15) is 0 Å². The summed E-state index contributed by atoms with van der Waals surface area (Å²) >= 11 is 0. The summed E-state index contributed by atoms with van der Waals surface area (Å²) in [4.78, 5) is 0. The molecule has 2 aliphatic carbocycles. The Labute approximate surface area is 153 Å². The highest BCUT2D eigenvalue weighted by Gasteiger charge is 2.21. The Morgan fingerprint density at radius 2 is 1.69 bits per heavy atom. The van der Waals surface area contributed by atoms with Gasteiger partial charge in [-0.25, -0.2) is 0 Å². The number of hydrogen-bond acceptors (Lipinski definition) is 2. The van der Waals surface area contributed by atoms with Gasteiger partial charge in [-0.05, 0) is 63.5 Å². The second kappa shape index (κ2) is 7.19. The van der Waals surface area contributed by atoms with Crippen LogP contribution in [0, 0.1) is 0 Å². The fourth-order valence-corrected chi connectivity index (χ4v) is 3.64. The van der Waals surface area contributed by atoms with Crippen LogP contribution in [0.2, 0.25) is 0 Å². The number of hydrogen-bond donors (Lipinski definition) is 2. The van der Waals surface area contributed by atoms with E-state index in [1.165, 1.54) is 5.56 Å². The van der Waals surface area contributed by atoms with Crippen LogP contribution in [-0.2, 0) is 6.42 Å². The van der Waals surface area contributed by atoms with Gasteiger partial charge in [-0.1, -0.05) is 66.8 Å². The fraction of sp³-hybridized carbons (Fsp3) is 0.0870. The van der Waals surface area contributed by atoms with Crippen LogP contribution in [0.4, 0.5) is 0 Å². The predicted octanol–water partition coefficient (Wildman–Crippen LogP) is 3.61. The summed E-state index contributed by atoms with van der Waals surface area (Å²) in [6.45, 7) is 0. The summed E-state index contributed by atoms with van der Waals surface area (Å²) in [5, 5.41) is 21.9. The first-order valence-electron chi connectivity index (χ1n) is 8.80. The third-order valence-corrected chi connectivity index (χ3v) is 4.86. The Morgan fingerprint density at radius 3 is 2.50 bits per heavy atom. The Kier molecular flexibility index (Phi) is 4.60. The first-order valence-corrected chi connectivity index (χ1v) is 8.80. The Bertz CT molecular complexity index is 1050. The number of benzene rings is 2. The van der Waals surface area contributed by atoms with Crippen molar-refractivity contribution < 1.29 is 10.0 Å². The molecule has 0 spiro atoms. The molecule has 2 N–H and O–H groups in total. The van der Waals surface area contributed by atoms with E-state index in [9.17, 15) is 10.0 Å². The highest BCUT2D eigenvalue weighted by Crippen LogP contribution is 2.32. The van der Waals surface area contributed by atoms with E-state index in [-0.39, 0.29) is 0 Å². The Morgan fingerprint density at radius 1 is 0.923 bits per heavy atom. The maximum atomic E-state index is 9.97. The molecule has 0 bridgehead atoms. The van der Waals surface area contributed by atoms with E-state index in [1.807, 2.05) is 42.5 Å². The molecule has 0 atom stereocenters. The van der Waals surface area contributed by atoms with Crippen LogP contribution >= 0.6 is 0 Å². The van der Waals surface area contributed by atoms with E-state index in [4.69, 9.17) is 0 Å². The zero-order valence-electron chi connectivity index (χ0n) is 14.4. The summed E-state index contributed by atoms with van der Waals surface area (Å²) in [5.74, 6) is 0. The van der Waals surface area contributed by atoms with Gasteiger partial charge < -0.3 is 10.0 Å². The molecule has 2 aliphatic rings. The van der Waals surface area contributed by atoms with Gasteiger partial charge in [0.15, 0.2) is 0 Å². The Hall–Kier alpha value is -2.84. The highest BCUT2D eigenvalue weighted by molar-refractivity contribution is 6.62. The van der Waals surface area contributed by atoms with Crippen LogP contribution < -0.4 is 5.46 Å². The highest BCUT2D eigenvalue weighted by atomic mass is 16.4. The van der Waals surface area contributed by atoms with Crippen LogP contribution in [0.15, 0.2) is 90.2 Å². The van der Waals surface area contributed by atoms with Crippen molar-refractivity contribution in [2.45, 2.75) is 12.8 Å². The van der Waals surface area contributed by atoms with E-state index in [0.29, 0.717) is 5.46 Å². The van der Waals surface area contributed by atoms with Crippen molar-refractivity contribution in [1.29, 1.82) is 0 Å². The third kappa shape index (κ3) is 3.04. The van der Waals surface area contributed by atoms with Crippen molar-refractivity contribution in [3.8, 4) is 0 Å². The molecule has 0 radical (unpaired) electrons. The minimum absolute atomic E-state index is 0.539. The fourth-order valence-electron chi connectivity index (χ4n) is 3.64. The number of allylic oxidation sites excluding steroid dienone is 9. The van der Waals surface area contributed by atoms with E-state index in [2.05, 4.69) is 42.2 Å². The van der Waals surface area contributed by atoms with Gasteiger partial charge in [-0.2, -0.15) is 0 Å². The second-order valence-electron chi connectivity index (χ2n) is 6.45. The molecule has 0 heterocycles. The van der Waals surface area contributed by atoms with E-state index in [1.54, 1.807) is 0 Å². The van der Waals surface area contributed by atoms with Crippen LogP contribution in [-0.4, -0.2) is 17.2 Å². The number of fused-ring (bicyclic) bond motifs is 4. The average Bonchev–Trinajstić information content (AvgIpc) is 2.89. The van der Waals surface area contributed by atoms with Crippen LogP contribution in [0.3, 0.4) is 0 Å². The second-order valence-corrected chi connectivity index (χ2v) is 6.45. The topological polar surface area (TPSA) is 40.5 Å². The van der Waals surface area contributed by atoms with Crippen LogP contribution in [0.5, 0.6) is 0 Å². The lowest BCUT2D eigenvalue weighted by molar-refractivity contribution is 0.426. The molecule has 0 saturated heterocycles. The molecule has 2 nitrogen and oxygen atoms in total. The summed E-state index contributed by atoms with van der Waals surface area (Å²) in [7, 11) is -1.51. The molecule has 0 aliphatic heterocycles. The minimum Gasteiger partial charge on any atom is -0.423 e. The first kappa shape index (κ1) is 16.6. The SMILES string of the molecule is OB(O)c1cc2c(c3ccccc13)C/C=C\C=C/CC1=C2C=CC=C=C1. The molecule has 126 valence electrons. The maximum absolute atomic E-state index is 9.97. The van der Waals surface area contributed by atoms with Crippen LogP contribution in [0.25, 0.3) is 16.3 Å². The van der Waals surface area contributed by atoms with Crippen molar-refractivity contribution in [3.05, 3.63) is 101 Å². The van der Waals surface area contributed by atoms with Gasteiger partial charge in [0.2, 0.25) is 0 Å².